The van der Waals surface area contributed by atoms with E-state index in [0.29, 0.717) is 35.0 Å². The van der Waals surface area contributed by atoms with Crippen LogP contribution >= 0.6 is 0 Å². The Morgan fingerprint density at radius 2 is 1.80 bits per heavy atom. The second-order valence-corrected chi connectivity index (χ2v) is 6.26. The molecule has 30 heavy (non-hydrogen) atoms. The minimum absolute atomic E-state index is 0.271. The number of hydrogen-bond donors (Lipinski definition) is 1. The maximum atomic E-state index is 12.8. The summed E-state index contributed by atoms with van der Waals surface area (Å²) in [6, 6.07) is 21.6. The molecule has 0 saturated carbocycles. The third kappa shape index (κ3) is 4.44. The number of nitrogens with one attached hydrogen (secondary N) is 1. The van der Waals surface area contributed by atoms with Crippen molar-refractivity contribution in [3.8, 4) is 22.9 Å². The molecule has 0 fully saturated rings. The van der Waals surface area contributed by atoms with Gasteiger partial charge in [0.2, 0.25) is 0 Å². The van der Waals surface area contributed by atoms with Crippen LogP contribution in [0.4, 0.5) is 5.69 Å². The summed E-state index contributed by atoms with van der Waals surface area (Å²) in [6.07, 6.45) is 1.47. The number of tetrazole rings is 1. The second-order valence-electron chi connectivity index (χ2n) is 6.26. The van der Waals surface area contributed by atoms with Crippen LogP contribution in [0.2, 0.25) is 0 Å². The third-order valence-corrected chi connectivity index (χ3v) is 4.22. The van der Waals surface area contributed by atoms with E-state index >= 15 is 0 Å². The van der Waals surface area contributed by atoms with Gasteiger partial charge in [-0.05, 0) is 71.9 Å². The average molecular weight is 401 g/mol. The quantitative estimate of drug-likeness (QED) is 0.501. The predicted molar refractivity (Wildman–Crippen MR) is 111 cm³/mol. The molecule has 8 heteroatoms. The smallest absolute Gasteiger partial charge is 0.255 e. The molecule has 0 aliphatic carbocycles. The molecule has 1 N–H and O–H groups in total. The summed E-state index contributed by atoms with van der Waals surface area (Å²) in [6.45, 7) is 2.53. The molecule has 8 nitrogen and oxygen atoms in total. The van der Waals surface area contributed by atoms with Crippen molar-refractivity contribution in [1.82, 2.24) is 20.2 Å². The standard InChI is InChI=1S/C22H19N5O3/c1-2-29-18-10-12-19(13-11-18)30-21-9-4-3-8-20(21)24-22(28)16-6-5-7-17(14-16)27-15-23-25-26-27/h3-15H,2H2,1H3,(H,24,28). The van der Waals surface area contributed by atoms with E-state index < -0.39 is 0 Å². The van der Waals surface area contributed by atoms with Crippen LogP contribution < -0.4 is 14.8 Å². The minimum Gasteiger partial charge on any atom is -0.494 e. The molecule has 0 atom stereocenters. The van der Waals surface area contributed by atoms with Gasteiger partial charge in [-0.25, -0.2) is 4.68 Å². The van der Waals surface area contributed by atoms with E-state index in [1.54, 1.807) is 30.3 Å². The number of benzene rings is 3. The lowest BCUT2D eigenvalue weighted by Crippen LogP contribution is -2.13. The molecule has 3 aromatic carbocycles. The first-order chi connectivity index (χ1) is 14.7. The monoisotopic (exact) mass is 401 g/mol. The van der Waals surface area contributed by atoms with Gasteiger partial charge in [-0.1, -0.05) is 18.2 Å². The lowest BCUT2D eigenvalue weighted by atomic mass is 10.2. The minimum atomic E-state index is -0.271. The highest BCUT2D eigenvalue weighted by atomic mass is 16.5. The first-order valence-electron chi connectivity index (χ1n) is 9.37. The zero-order valence-corrected chi connectivity index (χ0v) is 16.2. The largest absolute Gasteiger partial charge is 0.494 e. The molecular formula is C22H19N5O3. The Labute approximate surface area is 173 Å². The van der Waals surface area contributed by atoms with Gasteiger partial charge in [0.25, 0.3) is 5.91 Å². The van der Waals surface area contributed by atoms with Crippen LogP contribution in [0.25, 0.3) is 5.69 Å². The van der Waals surface area contributed by atoms with Crippen LogP contribution in [0.5, 0.6) is 17.2 Å². The Bertz CT molecular complexity index is 1130. The van der Waals surface area contributed by atoms with Gasteiger partial charge in [-0.3, -0.25) is 4.79 Å². The van der Waals surface area contributed by atoms with Crippen molar-refractivity contribution in [2.75, 3.05) is 11.9 Å². The number of para-hydroxylation sites is 2. The van der Waals surface area contributed by atoms with Gasteiger partial charge in [0.1, 0.15) is 17.8 Å². The van der Waals surface area contributed by atoms with Crippen molar-refractivity contribution in [2.45, 2.75) is 6.92 Å². The molecule has 4 rings (SSSR count). The van der Waals surface area contributed by atoms with Crippen molar-refractivity contribution in [1.29, 1.82) is 0 Å². The highest BCUT2D eigenvalue weighted by Gasteiger charge is 2.12. The van der Waals surface area contributed by atoms with Crippen molar-refractivity contribution in [2.24, 2.45) is 0 Å². The number of anilines is 1. The lowest BCUT2D eigenvalue weighted by molar-refractivity contribution is 0.102. The fourth-order valence-corrected chi connectivity index (χ4v) is 2.82. The highest BCUT2D eigenvalue weighted by molar-refractivity contribution is 6.05. The SMILES string of the molecule is CCOc1ccc(Oc2ccccc2NC(=O)c2cccc(-n3cnnn3)c2)cc1. The summed E-state index contributed by atoms with van der Waals surface area (Å²) in [7, 11) is 0. The number of nitrogens with zero attached hydrogens (tertiary/aromatic N) is 4. The first kappa shape index (κ1) is 19.1. The van der Waals surface area contributed by atoms with Gasteiger partial charge in [0.05, 0.1) is 18.0 Å². The molecule has 0 aliphatic rings. The second kappa shape index (κ2) is 8.87. The first-order valence-corrected chi connectivity index (χ1v) is 9.37. The lowest BCUT2D eigenvalue weighted by Gasteiger charge is -2.13. The molecule has 1 aromatic heterocycles. The molecule has 0 radical (unpaired) electrons. The Balaban J connectivity index is 1.51. The Hall–Kier alpha value is -4.20. The number of rotatable bonds is 7. The number of carbonyl (C=O) groups excluding carboxylic acids is 1. The van der Waals surface area contributed by atoms with E-state index in [9.17, 15) is 4.79 Å². The maximum absolute atomic E-state index is 12.8. The molecule has 0 unspecified atom stereocenters. The van der Waals surface area contributed by atoms with Crippen LogP contribution in [0.3, 0.4) is 0 Å². The molecule has 150 valence electrons. The average Bonchev–Trinajstić information content (AvgIpc) is 3.32. The summed E-state index contributed by atoms with van der Waals surface area (Å²) in [4.78, 5) is 12.8. The van der Waals surface area contributed by atoms with Gasteiger partial charge in [-0.15, -0.1) is 5.10 Å². The van der Waals surface area contributed by atoms with Crippen LogP contribution in [0, 0.1) is 0 Å². The third-order valence-electron chi connectivity index (χ3n) is 4.22. The van der Waals surface area contributed by atoms with E-state index in [2.05, 4.69) is 20.8 Å². The van der Waals surface area contributed by atoms with E-state index in [1.165, 1.54) is 11.0 Å². The molecule has 0 aliphatic heterocycles. The van der Waals surface area contributed by atoms with E-state index in [0.717, 1.165) is 5.75 Å². The van der Waals surface area contributed by atoms with Crippen molar-refractivity contribution < 1.29 is 14.3 Å². The van der Waals surface area contributed by atoms with E-state index in [-0.39, 0.29) is 5.91 Å². The van der Waals surface area contributed by atoms with E-state index in [1.807, 2.05) is 49.4 Å². The van der Waals surface area contributed by atoms with Crippen LogP contribution in [-0.2, 0) is 0 Å². The van der Waals surface area contributed by atoms with E-state index in [4.69, 9.17) is 9.47 Å². The van der Waals surface area contributed by atoms with Crippen molar-refractivity contribution in [3.63, 3.8) is 0 Å². The topological polar surface area (TPSA) is 91.2 Å². The number of carbonyl (C=O) groups is 1. The maximum Gasteiger partial charge on any atom is 0.255 e. The number of aromatic nitrogens is 4. The fraction of sp³-hybridized carbons (Fsp3) is 0.0909. The summed E-state index contributed by atoms with van der Waals surface area (Å²) in [5.41, 5.74) is 1.72. The number of ether oxygens (including phenoxy) is 2. The van der Waals surface area contributed by atoms with Crippen LogP contribution in [0.15, 0.2) is 79.1 Å². The van der Waals surface area contributed by atoms with Gasteiger partial charge in [-0.2, -0.15) is 0 Å². The molecule has 4 aromatic rings. The summed E-state index contributed by atoms with van der Waals surface area (Å²) in [5.74, 6) is 1.68. The molecule has 1 heterocycles. The number of hydrogen-bond acceptors (Lipinski definition) is 6. The zero-order valence-electron chi connectivity index (χ0n) is 16.2. The summed E-state index contributed by atoms with van der Waals surface area (Å²) in [5, 5.41) is 14.0. The van der Waals surface area contributed by atoms with Gasteiger partial charge in [0, 0.05) is 5.56 Å². The molecular weight excluding hydrogens is 382 g/mol. The van der Waals surface area contributed by atoms with Gasteiger partial charge in [0.15, 0.2) is 5.75 Å². The van der Waals surface area contributed by atoms with Gasteiger partial charge < -0.3 is 14.8 Å². The number of amides is 1. The Kier molecular flexibility index (Phi) is 5.66. The van der Waals surface area contributed by atoms with Crippen molar-refractivity contribution >= 4 is 11.6 Å². The zero-order chi connectivity index (χ0) is 20.8. The van der Waals surface area contributed by atoms with Crippen molar-refractivity contribution in [3.05, 3.63) is 84.7 Å². The Morgan fingerprint density at radius 1 is 1.00 bits per heavy atom. The fourth-order valence-electron chi connectivity index (χ4n) is 2.82. The molecule has 0 saturated heterocycles. The molecule has 0 spiro atoms. The molecule has 0 bridgehead atoms. The summed E-state index contributed by atoms with van der Waals surface area (Å²) < 4.78 is 12.9. The van der Waals surface area contributed by atoms with Gasteiger partial charge >= 0.3 is 0 Å². The normalized spacial score (nSPS) is 10.4. The summed E-state index contributed by atoms with van der Waals surface area (Å²) >= 11 is 0. The highest BCUT2D eigenvalue weighted by Crippen LogP contribution is 2.30. The molecule has 1 amide bonds. The van der Waals surface area contributed by atoms with Crippen LogP contribution in [0.1, 0.15) is 17.3 Å². The predicted octanol–water partition coefficient (Wildman–Crippen LogP) is 4.11. The van der Waals surface area contributed by atoms with Crippen LogP contribution in [-0.4, -0.2) is 32.7 Å². The Morgan fingerprint density at radius 3 is 2.57 bits per heavy atom.